The number of amides is 2. The molecule has 0 aromatic carbocycles. The molecule has 3 heterocycles. The molecule has 3 rings (SSSR count). The van der Waals surface area contributed by atoms with Gasteiger partial charge in [0.05, 0.1) is 45.4 Å². The Bertz CT molecular complexity index is 912. The number of carbonyl (C=O) groups is 2. The molecule has 1 atom stereocenters. The first-order chi connectivity index (χ1) is 11.9. The minimum atomic E-state index is -2.88. The lowest BCUT2D eigenvalue weighted by Crippen LogP contribution is -2.39. The molecular weight excluding hydrogens is 366 g/mol. The Morgan fingerprint density at radius 2 is 2.24 bits per heavy atom. The molecule has 0 spiro atoms. The van der Waals surface area contributed by atoms with Crippen LogP contribution in [0.4, 0.5) is 0 Å². The van der Waals surface area contributed by atoms with Crippen LogP contribution in [0.15, 0.2) is 26.9 Å². The first-order valence-electron chi connectivity index (χ1n) is 7.40. The predicted molar refractivity (Wildman–Crippen MR) is 90.2 cm³/mol. The summed E-state index contributed by atoms with van der Waals surface area (Å²) in [7, 11) is -2.88. The van der Waals surface area contributed by atoms with Crippen LogP contribution in [0.2, 0.25) is 0 Å². The van der Waals surface area contributed by atoms with E-state index in [9.17, 15) is 13.8 Å². The van der Waals surface area contributed by atoms with Crippen molar-refractivity contribution in [1.29, 1.82) is 0 Å². The molecule has 0 fully saturated rings. The van der Waals surface area contributed by atoms with Gasteiger partial charge in [0, 0.05) is 19.7 Å². The van der Waals surface area contributed by atoms with Gasteiger partial charge in [-0.2, -0.15) is 14.6 Å². The SMILES string of the molecule is CC(=O)N=S(C)(=O)c1cnn2c1CN(C(=O)CSc1ncn[nH]1)CC2. The molecule has 0 bridgehead atoms. The van der Waals surface area contributed by atoms with Gasteiger partial charge in [-0.25, -0.2) is 9.19 Å². The third-order valence-corrected chi connectivity index (χ3v) is 6.25. The molecule has 1 unspecified atom stereocenters. The molecule has 1 aliphatic rings. The number of nitrogens with one attached hydrogen (secondary N) is 1. The third-order valence-electron chi connectivity index (χ3n) is 3.62. The van der Waals surface area contributed by atoms with Crippen LogP contribution in [0.1, 0.15) is 12.6 Å². The third kappa shape index (κ3) is 3.90. The summed E-state index contributed by atoms with van der Waals surface area (Å²) in [5.41, 5.74) is 0.654. The maximum atomic E-state index is 12.7. The highest BCUT2D eigenvalue weighted by Gasteiger charge is 2.27. The topological polar surface area (TPSA) is 126 Å². The van der Waals surface area contributed by atoms with Crippen molar-refractivity contribution < 1.29 is 13.8 Å². The van der Waals surface area contributed by atoms with Gasteiger partial charge in [0.1, 0.15) is 6.33 Å². The average Bonchev–Trinajstić information content (AvgIpc) is 3.20. The second-order valence-corrected chi connectivity index (χ2v) is 8.68. The second-order valence-electron chi connectivity index (χ2n) is 5.49. The van der Waals surface area contributed by atoms with Gasteiger partial charge in [-0.05, 0) is 0 Å². The van der Waals surface area contributed by atoms with Gasteiger partial charge in [-0.3, -0.25) is 19.4 Å². The number of hydrogen-bond acceptors (Lipinski definition) is 7. The number of nitrogens with zero attached hydrogens (tertiary/aromatic N) is 6. The van der Waals surface area contributed by atoms with Gasteiger partial charge in [0.25, 0.3) is 5.91 Å². The molecule has 1 N–H and O–H groups in total. The molecule has 0 radical (unpaired) electrons. The van der Waals surface area contributed by atoms with E-state index >= 15 is 0 Å². The zero-order valence-corrected chi connectivity index (χ0v) is 15.3. The van der Waals surface area contributed by atoms with Gasteiger partial charge in [0.15, 0.2) is 5.16 Å². The number of thioether (sulfide) groups is 1. The van der Waals surface area contributed by atoms with E-state index in [4.69, 9.17) is 0 Å². The first kappa shape index (κ1) is 17.6. The molecule has 0 saturated carbocycles. The highest BCUT2D eigenvalue weighted by Crippen LogP contribution is 2.23. The number of carbonyl (C=O) groups excluding carboxylic acids is 2. The summed E-state index contributed by atoms with van der Waals surface area (Å²) in [6.45, 7) is 2.56. The van der Waals surface area contributed by atoms with E-state index in [-0.39, 0.29) is 18.2 Å². The van der Waals surface area contributed by atoms with Crippen LogP contribution in [0, 0.1) is 0 Å². The van der Waals surface area contributed by atoms with E-state index in [2.05, 4.69) is 24.6 Å². The Balaban J connectivity index is 1.76. The molecule has 0 aliphatic carbocycles. The molecule has 2 aromatic rings. The smallest absolute Gasteiger partial charge is 0.250 e. The lowest BCUT2D eigenvalue weighted by atomic mass is 10.3. The zero-order chi connectivity index (χ0) is 18.0. The number of aromatic nitrogens is 5. The van der Waals surface area contributed by atoms with Crippen molar-refractivity contribution in [2.24, 2.45) is 4.36 Å². The van der Waals surface area contributed by atoms with Crippen molar-refractivity contribution >= 4 is 33.3 Å². The molecule has 1 aliphatic heterocycles. The largest absolute Gasteiger partial charge is 0.334 e. The fourth-order valence-corrected chi connectivity index (χ4v) is 4.65. The Morgan fingerprint density at radius 3 is 2.92 bits per heavy atom. The Kier molecular flexibility index (Phi) is 4.90. The van der Waals surface area contributed by atoms with Crippen molar-refractivity contribution in [3.63, 3.8) is 0 Å². The van der Waals surface area contributed by atoms with E-state index in [1.54, 1.807) is 9.58 Å². The van der Waals surface area contributed by atoms with Crippen LogP contribution < -0.4 is 0 Å². The fraction of sp³-hybridized carbons (Fsp3) is 0.462. The monoisotopic (exact) mass is 383 g/mol. The molecule has 134 valence electrons. The van der Waals surface area contributed by atoms with Crippen LogP contribution in [-0.2, 0) is 32.4 Å². The van der Waals surface area contributed by atoms with E-state index in [1.165, 1.54) is 37.5 Å². The van der Waals surface area contributed by atoms with E-state index in [1.807, 2.05) is 0 Å². The molecular formula is C13H17N7O3S2. The van der Waals surface area contributed by atoms with Crippen molar-refractivity contribution in [3.05, 3.63) is 18.2 Å². The quantitative estimate of drug-likeness (QED) is 0.744. The lowest BCUT2D eigenvalue weighted by molar-refractivity contribution is -0.129. The summed E-state index contributed by atoms with van der Waals surface area (Å²) >= 11 is 1.27. The normalized spacial score (nSPS) is 16.2. The highest BCUT2D eigenvalue weighted by atomic mass is 32.2. The van der Waals surface area contributed by atoms with Gasteiger partial charge < -0.3 is 4.90 Å². The Labute approximate surface area is 148 Å². The first-order valence-corrected chi connectivity index (χ1v) is 10.3. The lowest BCUT2D eigenvalue weighted by Gasteiger charge is -2.28. The standard InChI is InChI=1S/C13H17N7O3S2/c1-9(21)18-25(2,23)11-5-16-20-4-3-19(6-10(11)20)12(22)7-24-13-14-8-15-17-13/h5,8H,3-4,6-7H2,1-2H3,(H,14,15,17). The maximum Gasteiger partial charge on any atom is 0.250 e. The molecule has 25 heavy (non-hydrogen) atoms. The second kappa shape index (κ2) is 6.96. The minimum absolute atomic E-state index is 0.0640. The Morgan fingerprint density at radius 1 is 1.44 bits per heavy atom. The number of H-pyrrole nitrogens is 1. The Hall–Kier alpha value is -2.21. The molecule has 0 saturated heterocycles. The number of aromatic amines is 1. The van der Waals surface area contributed by atoms with Crippen LogP contribution in [0.3, 0.4) is 0 Å². The van der Waals surface area contributed by atoms with Crippen LogP contribution in [0.5, 0.6) is 0 Å². The minimum Gasteiger partial charge on any atom is -0.334 e. The van der Waals surface area contributed by atoms with E-state index in [0.717, 1.165) is 0 Å². The fourth-order valence-electron chi connectivity index (χ4n) is 2.53. The maximum absolute atomic E-state index is 12.7. The number of hydrogen-bond donors (Lipinski definition) is 1. The van der Waals surface area contributed by atoms with Gasteiger partial charge >= 0.3 is 0 Å². The summed E-state index contributed by atoms with van der Waals surface area (Å²) in [6.07, 6.45) is 4.27. The van der Waals surface area contributed by atoms with Crippen LogP contribution in [-0.4, -0.2) is 64.4 Å². The summed E-state index contributed by atoms with van der Waals surface area (Å²) in [4.78, 5) is 29.7. The summed E-state index contributed by atoms with van der Waals surface area (Å²) in [6, 6.07) is 0. The molecule has 10 nitrogen and oxygen atoms in total. The summed E-state index contributed by atoms with van der Waals surface area (Å²) in [5, 5.41) is 11.2. The van der Waals surface area contributed by atoms with Crippen molar-refractivity contribution in [1.82, 2.24) is 29.9 Å². The number of rotatable bonds is 4. The predicted octanol–water partition coefficient (Wildman–Crippen LogP) is 0.139. The molecule has 2 amide bonds. The van der Waals surface area contributed by atoms with Crippen molar-refractivity contribution in [2.45, 2.75) is 30.1 Å². The average molecular weight is 383 g/mol. The van der Waals surface area contributed by atoms with Crippen LogP contribution in [0.25, 0.3) is 0 Å². The highest BCUT2D eigenvalue weighted by molar-refractivity contribution is 7.99. The summed E-state index contributed by atoms with van der Waals surface area (Å²) < 4.78 is 18.1. The van der Waals surface area contributed by atoms with Gasteiger partial charge in [0.2, 0.25) is 5.91 Å². The van der Waals surface area contributed by atoms with E-state index in [0.29, 0.717) is 28.8 Å². The zero-order valence-electron chi connectivity index (χ0n) is 13.7. The van der Waals surface area contributed by atoms with Gasteiger partial charge in [-0.1, -0.05) is 11.8 Å². The number of fused-ring (bicyclic) bond motifs is 1. The van der Waals surface area contributed by atoms with Crippen molar-refractivity contribution in [3.8, 4) is 0 Å². The van der Waals surface area contributed by atoms with Crippen molar-refractivity contribution in [2.75, 3.05) is 18.6 Å². The van der Waals surface area contributed by atoms with E-state index < -0.39 is 15.6 Å². The van der Waals surface area contributed by atoms with Gasteiger partial charge in [-0.15, -0.1) is 0 Å². The molecule has 2 aromatic heterocycles. The van der Waals surface area contributed by atoms with Crippen LogP contribution >= 0.6 is 11.8 Å². The molecule has 12 heteroatoms. The summed E-state index contributed by atoms with van der Waals surface area (Å²) in [5.74, 6) is -0.344.